The van der Waals surface area contributed by atoms with Gasteiger partial charge in [0, 0.05) is 12.1 Å². The first kappa shape index (κ1) is 12.6. The molecule has 1 aliphatic heterocycles. The number of aryl methyl sites for hydroxylation is 1. The molecule has 1 unspecified atom stereocenters. The largest absolute Gasteiger partial charge is 0.306 e. The molecule has 0 radical (unpaired) electrons. The van der Waals surface area contributed by atoms with E-state index in [2.05, 4.69) is 30.4 Å². The lowest BCUT2D eigenvalue weighted by Gasteiger charge is -2.24. The fraction of sp³-hybridized carbons (Fsp3) is 0.538. The average Bonchev–Trinajstić information content (AvgIpc) is 2.51. The Morgan fingerprint density at radius 2 is 2.18 bits per heavy atom. The molecule has 1 aliphatic rings. The van der Waals surface area contributed by atoms with Gasteiger partial charge in [0.1, 0.15) is 0 Å². The predicted molar refractivity (Wildman–Crippen MR) is 69.7 cm³/mol. The summed E-state index contributed by atoms with van der Waals surface area (Å²) in [4.78, 5) is 0. The highest BCUT2D eigenvalue weighted by atomic mass is 32.2. The highest BCUT2D eigenvalue weighted by molar-refractivity contribution is 7.91. The van der Waals surface area contributed by atoms with Crippen molar-refractivity contribution in [3.8, 4) is 0 Å². The SMILES string of the molecule is Cc1cccc(CNC2(C)CCS(=O)(=O)C2)c1. The van der Waals surface area contributed by atoms with Gasteiger partial charge in [0.05, 0.1) is 11.5 Å². The Morgan fingerprint density at radius 1 is 1.41 bits per heavy atom. The van der Waals surface area contributed by atoms with Crippen LogP contribution in [0.25, 0.3) is 0 Å². The van der Waals surface area contributed by atoms with E-state index in [-0.39, 0.29) is 11.3 Å². The van der Waals surface area contributed by atoms with Crippen molar-refractivity contribution >= 4 is 9.84 Å². The fourth-order valence-corrected chi connectivity index (χ4v) is 4.41. The van der Waals surface area contributed by atoms with Crippen LogP contribution in [0.5, 0.6) is 0 Å². The van der Waals surface area contributed by atoms with E-state index in [0.29, 0.717) is 12.2 Å². The first-order valence-electron chi connectivity index (χ1n) is 5.90. The summed E-state index contributed by atoms with van der Waals surface area (Å²) in [6.45, 7) is 4.78. The Bertz CT molecular complexity index is 510. The lowest BCUT2D eigenvalue weighted by molar-refractivity contribution is 0.395. The maximum Gasteiger partial charge on any atom is 0.152 e. The third kappa shape index (κ3) is 3.30. The summed E-state index contributed by atoms with van der Waals surface area (Å²) in [6, 6.07) is 8.28. The number of sulfone groups is 1. The van der Waals surface area contributed by atoms with E-state index >= 15 is 0 Å². The molecule has 0 saturated carbocycles. The summed E-state index contributed by atoms with van der Waals surface area (Å²) in [5, 5.41) is 3.38. The third-order valence-electron chi connectivity index (χ3n) is 3.31. The fourth-order valence-electron chi connectivity index (χ4n) is 2.29. The Kier molecular flexibility index (Phi) is 3.27. The lowest BCUT2D eigenvalue weighted by atomic mass is 10.0. The van der Waals surface area contributed by atoms with Gasteiger partial charge in [-0.2, -0.15) is 0 Å². The van der Waals surface area contributed by atoms with Crippen LogP contribution in [0.2, 0.25) is 0 Å². The quantitative estimate of drug-likeness (QED) is 0.891. The summed E-state index contributed by atoms with van der Waals surface area (Å²) in [5.74, 6) is 0.566. The van der Waals surface area contributed by atoms with Crippen molar-refractivity contribution in [2.45, 2.75) is 32.4 Å². The third-order valence-corrected chi connectivity index (χ3v) is 5.21. The minimum absolute atomic E-state index is 0.256. The predicted octanol–water partition coefficient (Wildman–Crippen LogP) is 1.66. The van der Waals surface area contributed by atoms with E-state index in [9.17, 15) is 8.42 Å². The van der Waals surface area contributed by atoms with Crippen LogP contribution in [0.3, 0.4) is 0 Å². The molecule has 94 valence electrons. The molecule has 1 fully saturated rings. The maximum atomic E-state index is 11.5. The molecule has 1 heterocycles. The molecular formula is C13H19NO2S. The molecule has 3 nitrogen and oxygen atoms in total. The van der Waals surface area contributed by atoms with Crippen LogP contribution in [0.1, 0.15) is 24.5 Å². The molecule has 17 heavy (non-hydrogen) atoms. The second kappa shape index (κ2) is 4.42. The lowest BCUT2D eigenvalue weighted by Crippen LogP contribution is -2.42. The number of hydrogen-bond donors (Lipinski definition) is 1. The zero-order valence-corrected chi connectivity index (χ0v) is 11.2. The van der Waals surface area contributed by atoms with Gasteiger partial charge in [-0.05, 0) is 25.8 Å². The maximum absolute atomic E-state index is 11.5. The second-order valence-corrected chi connectivity index (χ2v) is 7.43. The smallest absolute Gasteiger partial charge is 0.152 e. The van der Waals surface area contributed by atoms with Crippen LogP contribution < -0.4 is 5.32 Å². The topological polar surface area (TPSA) is 46.2 Å². The van der Waals surface area contributed by atoms with Gasteiger partial charge in [-0.15, -0.1) is 0 Å². The monoisotopic (exact) mass is 253 g/mol. The van der Waals surface area contributed by atoms with E-state index in [0.717, 1.165) is 6.54 Å². The highest BCUT2D eigenvalue weighted by Crippen LogP contribution is 2.23. The van der Waals surface area contributed by atoms with Gasteiger partial charge in [-0.1, -0.05) is 29.8 Å². The normalized spacial score (nSPS) is 27.2. The van der Waals surface area contributed by atoms with E-state index < -0.39 is 9.84 Å². The summed E-state index contributed by atoms with van der Waals surface area (Å²) >= 11 is 0. The summed E-state index contributed by atoms with van der Waals surface area (Å²) < 4.78 is 22.9. The first-order chi connectivity index (χ1) is 7.89. The molecule has 1 atom stereocenters. The summed E-state index contributed by atoms with van der Waals surface area (Å²) in [7, 11) is -2.83. The minimum Gasteiger partial charge on any atom is -0.306 e. The molecule has 1 saturated heterocycles. The van der Waals surface area contributed by atoms with Crippen LogP contribution in [-0.2, 0) is 16.4 Å². The Labute approximate surface area is 103 Å². The van der Waals surface area contributed by atoms with Crippen LogP contribution in [-0.4, -0.2) is 25.5 Å². The second-order valence-electron chi connectivity index (χ2n) is 5.25. The molecule has 2 rings (SSSR count). The van der Waals surface area contributed by atoms with Crippen LogP contribution >= 0.6 is 0 Å². The van der Waals surface area contributed by atoms with Crippen molar-refractivity contribution in [2.24, 2.45) is 0 Å². The number of hydrogen-bond acceptors (Lipinski definition) is 3. The standard InChI is InChI=1S/C13H19NO2S/c1-11-4-3-5-12(8-11)9-14-13(2)6-7-17(15,16)10-13/h3-5,8,14H,6-7,9-10H2,1-2H3. The van der Waals surface area contributed by atoms with Gasteiger partial charge < -0.3 is 5.32 Å². The van der Waals surface area contributed by atoms with Crippen molar-refractivity contribution in [1.82, 2.24) is 5.32 Å². The summed E-state index contributed by atoms with van der Waals surface area (Å²) in [5.41, 5.74) is 2.17. The van der Waals surface area contributed by atoms with Crippen LogP contribution in [0.15, 0.2) is 24.3 Å². The van der Waals surface area contributed by atoms with Crippen LogP contribution in [0, 0.1) is 6.92 Å². The molecule has 1 aromatic rings. The van der Waals surface area contributed by atoms with Crippen molar-refractivity contribution in [2.75, 3.05) is 11.5 Å². The van der Waals surface area contributed by atoms with Crippen molar-refractivity contribution in [1.29, 1.82) is 0 Å². The van der Waals surface area contributed by atoms with Gasteiger partial charge in [0.15, 0.2) is 9.84 Å². The van der Waals surface area contributed by atoms with Crippen molar-refractivity contribution in [3.05, 3.63) is 35.4 Å². The molecule has 1 aromatic carbocycles. The zero-order chi connectivity index (χ0) is 12.5. The average molecular weight is 253 g/mol. The van der Waals surface area contributed by atoms with Gasteiger partial charge >= 0.3 is 0 Å². The molecule has 0 aliphatic carbocycles. The highest BCUT2D eigenvalue weighted by Gasteiger charge is 2.37. The van der Waals surface area contributed by atoms with E-state index in [1.807, 2.05) is 13.0 Å². The first-order valence-corrected chi connectivity index (χ1v) is 7.72. The van der Waals surface area contributed by atoms with Gasteiger partial charge in [-0.3, -0.25) is 0 Å². The molecule has 0 bridgehead atoms. The number of nitrogens with one attached hydrogen (secondary N) is 1. The van der Waals surface area contributed by atoms with Crippen molar-refractivity contribution in [3.63, 3.8) is 0 Å². The Balaban J connectivity index is 1.99. The Morgan fingerprint density at radius 3 is 2.76 bits per heavy atom. The molecule has 1 N–H and O–H groups in total. The molecular weight excluding hydrogens is 234 g/mol. The molecule has 4 heteroatoms. The van der Waals surface area contributed by atoms with Crippen molar-refractivity contribution < 1.29 is 8.42 Å². The minimum atomic E-state index is -2.83. The Hall–Kier alpha value is -0.870. The molecule has 0 amide bonds. The van der Waals surface area contributed by atoms with Gasteiger partial charge in [0.2, 0.25) is 0 Å². The van der Waals surface area contributed by atoms with Gasteiger partial charge in [-0.25, -0.2) is 8.42 Å². The van der Waals surface area contributed by atoms with E-state index in [1.54, 1.807) is 0 Å². The van der Waals surface area contributed by atoms with Crippen LogP contribution in [0.4, 0.5) is 0 Å². The number of benzene rings is 1. The molecule has 0 aromatic heterocycles. The van der Waals surface area contributed by atoms with E-state index in [4.69, 9.17) is 0 Å². The van der Waals surface area contributed by atoms with E-state index in [1.165, 1.54) is 11.1 Å². The summed E-state index contributed by atoms with van der Waals surface area (Å²) in [6.07, 6.45) is 0.709. The van der Waals surface area contributed by atoms with Gasteiger partial charge in [0.25, 0.3) is 0 Å². The zero-order valence-electron chi connectivity index (χ0n) is 10.4. The molecule has 0 spiro atoms. The number of rotatable bonds is 3.